The predicted octanol–water partition coefficient (Wildman–Crippen LogP) is 3.59. The highest BCUT2D eigenvalue weighted by molar-refractivity contribution is 7.05. The van der Waals surface area contributed by atoms with E-state index in [1.54, 1.807) is 0 Å². The van der Waals surface area contributed by atoms with Gasteiger partial charge in [0, 0.05) is 11.4 Å². The Balaban J connectivity index is 2.14. The molecule has 1 aromatic heterocycles. The van der Waals surface area contributed by atoms with E-state index < -0.39 is 6.10 Å². The molecule has 0 spiro atoms. The third-order valence-electron chi connectivity index (χ3n) is 2.73. The van der Waals surface area contributed by atoms with E-state index in [4.69, 9.17) is 11.6 Å². The minimum Gasteiger partial charge on any atom is -0.387 e. The van der Waals surface area contributed by atoms with E-state index in [9.17, 15) is 5.11 Å². The summed E-state index contributed by atoms with van der Waals surface area (Å²) in [4.78, 5) is 0.861. The molecule has 0 radical (unpaired) electrons. The van der Waals surface area contributed by atoms with E-state index in [1.165, 1.54) is 11.5 Å². The maximum absolute atomic E-state index is 10.3. The molecule has 0 bridgehead atoms. The molecule has 2 aromatic rings. The number of halogens is 1. The lowest BCUT2D eigenvalue weighted by atomic mass is 10.0. The number of aromatic nitrogens is 2. The summed E-state index contributed by atoms with van der Waals surface area (Å²) in [7, 11) is 0. The average Bonchev–Trinajstić information content (AvgIpc) is 2.81. The molecule has 0 aliphatic carbocycles. The summed E-state index contributed by atoms with van der Waals surface area (Å²) < 4.78 is 3.93. The van der Waals surface area contributed by atoms with Gasteiger partial charge in [0.25, 0.3) is 0 Å². The number of benzene rings is 1. The SMILES string of the molecule is CC(C)c1nnsc1C(O)Cc1ccc(Cl)cc1. The van der Waals surface area contributed by atoms with Gasteiger partial charge >= 0.3 is 0 Å². The summed E-state index contributed by atoms with van der Waals surface area (Å²) in [5.41, 5.74) is 1.94. The summed E-state index contributed by atoms with van der Waals surface area (Å²) in [6, 6.07) is 7.51. The van der Waals surface area contributed by atoms with Gasteiger partial charge in [0.15, 0.2) is 0 Å². The van der Waals surface area contributed by atoms with Gasteiger partial charge in [-0.1, -0.05) is 42.1 Å². The van der Waals surface area contributed by atoms with Crippen LogP contribution < -0.4 is 0 Å². The molecule has 0 saturated carbocycles. The van der Waals surface area contributed by atoms with Crippen molar-refractivity contribution in [1.82, 2.24) is 9.59 Å². The quantitative estimate of drug-likeness (QED) is 0.932. The monoisotopic (exact) mass is 282 g/mol. The van der Waals surface area contributed by atoms with Gasteiger partial charge in [-0.05, 0) is 35.1 Å². The Morgan fingerprint density at radius 1 is 1.28 bits per heavy atom. The molecule has 2 rings (SSSR count). The fraction of sp³-hybridized carbons (Fsp3) is 0.385. The Morgan fingerprint density at radius 3 is 2.56 bits per heavy atom. The first-order chi connectivity index (χ1) is 8.58. The van der Waals surface area contributed by atoms with Crippen molar-refractivity contribution in [3.63, 3.8) is 0 Å². The standard InChI is InChI=1S/C13H15ClN2OS/c1-8(2)12-13(18-16-15-12)11(17)7-9-3-5-10(14)6-4-9/h3-6,8,11,17H,7H2,1-2H3. The fourth-order valence-electron chi connectivity index (χ4n) is 1.77. The minimum absolute atomic E-state index is 0.276. The van der Waals surface area contributed by atoms with Gasteiger partial charge in [0.2, 0.25) is 0 Å². The van der Waals surface area contributed by atoms with E-state index in [2.05, 4.69) is 23.4 Å². The molecule has 1 atom stereocenters. The average molecular weight is 283 g/mol. The molecule has 0 aliphatic heterocycles. The van der Waals surface area contributed by atoms with Gasteiger partial charge < -0.3 is 5.11 Å². The largest absolute Gasteiger partial charge is 0.387 e. The van der Waals surface area contributed by atoms with Crippen LogP contribution in [0.15, 0.2) is 24.3 Å². The van der Waals surface area contributed by atoms with E-state index in [1.807, 2.05) is 24.3 Å². The molecule has 1 unspecified atom stereocenters. The van der Waals surface area contributed by atoms with E-state index in [0.29, 0.717) is 11.4 Å². The molecule has 96 valence electrons. The predicted molar refractivity (Wildman–Crippen MR) is 74.1 cm³/mol. The maximum atomic E-state index is 10.3. The molecule has 0 saturated heterocycles. The lowest BCUT2D eigenvalue weighted by molar-refractivity contribution is 0.180. The van der Waals surface area contributed by atoms with Crippen molar-refractivity contribution in [2.24, 2.45) is 0 Å². The van der Waals surface area contributed by atoms with Gasteiger partial charge in [0.05, 0.1) is 16.7 Å². The summed E-state index contributed by atoms with van der Waals surface area (Å²) in [5, 5.41) is 15.0. The first kappa shape index (κ1) is 13.5. The van der Waals surface area contributed by atoms with Crippen LogP contribution in [0.1, 0.15) is 42.0 Å². The summed E-state index contributed by atoms with van der Waals surface area (Å²) in [6.07, 6.45) is 0.00407. The topological polar surface area (TPSA) is 46.0 Å². The van der Waals surface area contributed by atoms with Crippen molar-refractivity contribution >= 4 is 23.1 Å². The van der Waals surface area contributed by atoms with Crippen molar-refractivity contribution in [2.45, 2.75) is 32.3 Å². The van der Waals surface area contributed by atoms with Crippen LogP contribution in [-0.2, 0) is 6.42 Å². The highest BCUT2D eigenvalue weighted by Crippen LogP contribution is 2.28. The van der Waals surface area contributed by atoms with E-state index >= 15 is 0 Å². The molecule has 5 heteroatoms. The van der Waals surface area contributed by atoms with Crippen molar-refractivity contribution in [2.75, 3.05) is 0 Å². The Morgan fingerprint density at radius 2 is 1.94 bits per heavy atom. The van der Waals surface area contributed by atoms with Gasteiger partial charge in [0.1, 0.15) is 0 Å². The molecule has 0 fully saturated rings. The second kappa shape index (κ2) is 5.78. The van der Waals surface area contributed by atoms with Gasteiger partial charge in [-0.3, -0.25) is 0 Å². The number of hydrogen-bond acceptors (Lipinski definition) is 4. The lowest BCUT2D eigenvalue weighted by Gasteiger charge is -2.11. The zero-order chi connectivity index (χ0) is 13.1. The third-order valence-corrected chi connectivity index (χ3v) is 3.83. The van der Waals surface area contributed by atoms with Crippen LogP contribution in [0.2, 0.25) is 5.02 Å². The molecule has 3 nitrogen and oxygen atoms in total. The van der Waals surface area contributed by atoms with Crippen LogP contribution in [-0.4, -0.2) is 14.7 Å². The zero-order valence-corrected chi connectivity index (χ0v) is 11.9. The molecular weight excluding hydrogens is 268 g/mol. The van der Waals surface area contributed by atoms with Crippen LogP contribution in [0.25, 0.3) is 0 Å². The Kier molecular flexibility index (Phi) is 4.32. The van der Waals surface area contributed by atoms with E-state index in [0.717, 1.165) is 16.1 Å². The van der Waals surface area contributed by atoms with Crippen molar-refractivity contribution < 1.29 is 5.11 Å². The zero-order valence-electron chi connectivity index (χ0n) is 10.3. The number of aliphatic hydroxyl groups is 1. The Labute approximate surface area is 116 Å². The third kappa shape index (κ3) is 3.07. The highest BCUT2D eigenvalue weighted by atomic mass is 35.5. The Hall–Kier alpha value is -0.970. The number of rotatable bonds is 4. The van der Waals surface area contributed by atoms with Crippen LogP contribution in [0.4, 0.5) is 0 Å². The van der Waals surface area contributed by atoms with Crippen LogP contribution >= 0.6 is 23.1 Å². The summed E-state index contributed by atoms with van der Waals surface area (Å²) >= 11 is 7.11. The number of hydrogen-bond donors (Lipinski definition) is 1. The molecule has 1 N–H and O–H groups in total. The smallest absolute Gasteiger partial charge is 0.0957 e. The molecule has 0 aliphatic rings. The Bertz CT molecular complexity index is 510. The molecule has 18 heavy (non-hydrogen) atoms. The van der Waals surface area contributed by atoms with Gasteiger partial charge in [-0.2, -0.15) is 0 Å². The first-order valence-corrected chi connectivity index (χ1v) is 6.97. The second-order valence-electron chi connectivity index (χ2n) is 4.52. The maximum Gasteiger partial charge on any atom is 0.0957 e. The second-order valence-corrected chi connectivity index (χ2v) is 5.75. The van der Waals surface area contributed by atoms with Crippen LogP contribution in [0.3, 0.4) is 0 Å². The summed E-state index contributed by atoms with van der Waals surface area (Å²) in [5.74, 6) is 0.276. The van der Waals surface area contributed by atoms with Gasteiger partial charge in [-0.25, -0.2) is 0 Å². The molecule has 1 aromatic carbocycles. The minimum atomic E-state index is -0.552. The van der Waals surface area contributed by atoms with Crippen LogP contribution in [0.5, 0.6) is 0 Å². The highest BCUT2D eigenvalue weighted by Gasteiger charge is 2.19. The molecule has 1 heterocycles. The number of nitrogens with zero attached hydrogens (tertiary/aromatic N) is 2. The lowest BCUT2D eigenvalue weighted by Crippen LogP contribution is -2.04. The van der Waals surface area contributed by atoms with Crippen LogP contribution in [0, 0.1) is 0 Å². The first-order valence-electron chi connectivity index (χ1n) is 5.82. The van der Waals surface area contributed by atoms with Crippen molar-refractivity contribution in [3.05, 3.63) is 45.4 Å². The van der Waals surface area contributed by atoms with Crippen molar-refractivity contribution in [3.8, 4) is 0 Å². The normalized spacial score (nSPS) is 12.9. The fourth-order valence-corrected chi connectivity index (χ4v) is 2.69. The molecular formula is C13H15ClN2OS. The summed E-state index contributed by atoms with van der Waals surface area (Å²) in [6.45, 7) is 4.10. The van der Waals surface area contributed by atoms with Gasteiger partial charge in [-0.15, -0.1) is 5.10 Å². The van der Waals surface area contributed by atoms with E-state index in [-0.39, 0.29) is 5.92 Å². The van der Waals surface area contributed by atoms with Crippen molar-refractivity contribution in [1.29, 1.82) is 0 Å². The number of aliphatic hydroxyl groups excluding tert-OH is 1. The molecule has 0 amide bonds.